The second kappa shape index (κ2) is 6.61. The van der Waals surface area contributed by atoms with E-state index in [-0.39, 0.29) is 5.82 Å². The molecule has 96 valence electrons. The third kappa shape index (κ3) is 3.89. The zero-order valence-electron chi connectivity index (χ0n) is 10.2. The second-order valence-electron chi connectivity index (χ2n) is 4.09. The molecule has 0 saturated heterocycles. The van der Waals surface area contributed by atoms with E-state index in [0.717, 1.165) is 17.1 Å². The molecular formula is C14H16FNOS. The molecule has 0 aliphatic heterocycles. The third-order valence-electron chi connectivity index (χ3n) is 2.74. The first-order valence-electron chi connectivity index (χ1n) is 5.84. The van der Waals surface area contributed by atoms with Crippen LogP contribution in [0, 0.1) is 5.82 Å². The number of thioether (sulfide) groups is 1. The lowest BCUT2D eigenvalue weighted by molar-refractivity contribution is 0.556. The highest BCUT2D eigenvalue weighted by Gasteiger charge is 2.08. The minimum absolute atomic E-state index is 0.192. The predicted molar refractivity (Wildman–Crippen MR) is 72.4 cm³/mol. The van der Waals surface area contributed by atoms with Crippen molar-refractivity contribution in [2.24, 2.45) is 0 Å². The van der Waals surface area contributed by atoms with Gasteiger partial charge in [0.05, 0.1) is 12.5 Å². The van der Waals surface area contributed by atoms with Crippen molar-refractivity contribution < 1.29 is 8.81 Å². The molecule has 0 saturated carbocycles. The summed E-state index contributed by atoms with van der Waals surface area (Å²) in [5.41, 5.74) is 1.19. The summed E-state index contributed by atoms with van der Waals surface area (Å²) in [6.45, 7) is 0. The van der Waals surface area contributed by atoms with Crippen molar-refractivity contribution in [3.05, 3.63) is 54.2 Å². The fourth-order valence-corrected chi connectivity index (χ4v) is 2.67. The van der Waals surface area contributed by atoms with Gasteiger partial charge in [-0.1, -0.05) is 0 Å². The van der Waals surface area contributed by atoms with Crippen molar-refractivity contribution >= 4 is 11.8 Å². The average Bonchev–Trinajstić information content (AvgIpc) is 2.89. The van der Waals surface area contributed by atoms with E-state index in [1.807, 2.05) is 25.2 Å². The molecule has 1 unspecified atom stereocenters. The minimum Gasteiger partial charge on any atom is -0.472 e. The van der Waals surface area contributed by atoms with Crippen molar-refractivity contribution in [1.82, 2.24) is 5.32 Å². The quantitative estimate of drug-likeness (QED) is 0.811. The maximum absolute atomic E-state index is 12.8. The number of rotatable bonds is 6. The van der Waals surface area contributed by atoms with E-state index >= 15 is 0 Å². The molecule has 0 amide bonds. The highest BCUT2D eigenvalue weighted by atomic mass is 32.2. The summed E-state index contributed by atoms with van der Waals surface area (Å²) >= 11 is 1.72. The van der Waals surface area contributed by atoms with E-state index in [9.17, 15) is 4.39 Å². The van der Waals surface area contributed by atoms with Gasteiger partial charge in [-0.05, 0) is 49.4 Å². The van der Waals surface area contributed by atoms with Gasteiger partial charge < -0.3 is 9.73 Å². The van der Waals surface area contributed by atoms with Crippen molar-refractivity contribution in [1.29, 1.82) is 0 Å². The van der Waals surface area contributed by atoms with E-state index < -0.39 is 0 Å². The molecule has 1 aromatic heterocycles. The number of furan rings is 1. The predicted octanol–water partition coefficient (Wildman–Crippen LogP) is 3.34. The molecule has 2 aromatic rings. The first-order chi connectivity index (χ1) is 8.78. The van der Waals surface area contributed by atoms with Crippen LogP contribution < -0.4 is 5.32 Å². The number of hydrogen-bond donors (Lipinski definition) is 1. The van der Waals surface area contributed by atoms with E-state index in [1.54, 1.807) is 24.3 Å². The maximum Gasteiger partial charge on any atom is 0.123 e. The van der Waals surface area contributed by atoms with Gasteiger partial charge in [0.25, 0.3) is 0 Å². The molecule has 0 bridgehead atoms. The van der Waals surface area contributed by atoms with Crippen LogP contribution in [-0.2, 0) is 6.42 Å². The van der Waals surface area contributed by atoms with Crippen LogP contribution in [0.5, 0.6) is 0 Å². The van der Waals surface area contributed by atoms with Gasteiger partial charge in [-0.2, -0.15) is 0 Å². The highest BCUT2D eigenvalue weighted by molar-refractivity contribution is 7.99. The topological polar surface area (TPSA) is 25.2 Å². The Labute approximate surface area is 111 Å². The molecule has 1 heterocycles. The Morgan fingerprint density at radius 3 is 2.67 bits per heavy atom. The normalized spacial score (nSPS) is 12.6. The van der Waals surface area contributed by atoms with Crippen LogP contribution in [0.2, 0.25) is 0 Å². The Hall–Kier alpha value is -1.26. The molecule has 2 rings (SSSR count). The number of benzene rings is 1. The lowest BCUT2D eigenvalue weighted by Crippen LogP contribution is -2.29. The zero-order chi connectivity index (χ0) is 12.8. The smallest absolute Gasteiger partial charge is 0.123 e. The molecule has 1 aromatic carbocycles. The lowest BCUT2D eigenvalue weighted by Gasteiger charge is -2.14. The van der Waals surface area contributed by atoms with Gasteiger partial charge in [0.1, 0.15) is 5.82 Å². The largest absolute Gasteiger partial charge is 0.472 e. The molecule has 1 atom stereocenters. The van der Waals surface area contributed by atoms with Gasteiger partial charge in [0, 0.05) is 16.7 Å². The fourth-order valence-electron chi connectivity index (χ4n) is 1.67. The van der Waals surface area contributed by atoms with E-state index in [4.69, 9.17) is 4.42 Å². The van der Waals surface area contributed by atoms with Crippen LogP contribution in [0.4, 0.5) is 4.39 Å². The monoisotopic (exact) mass is 265 g/mol. The van der Waals surface area contributed by atoms with Crippen LogP contribution in [-0.4, -0.2) is 18.8 Å². The Morgan fingerprint density at radius 1 is 1.28 bits per heavy atom. The first kappa shape index (κ1) is 13.2. The number of nitrogens with one attached hydrogen (secondary N) is 1. The lowest BCUT2D eigenvalue weighted by atomic mass is 10.1. The van der Waals surface area contributed by atoms with Gasteiger partial charge in [0.2, 0.25) is 0 Å². The molecule has 0 radical (unpaired) electrons. The van der Waals surface area contributed by atoms with E-state index in [2.05, 4.69) is 5.32 Å². The molecule has 0 spiro atoms. The molecule has 4 heteroatoms. The Morgan fingerprint density at radius 2 is 2.06 bits per heavy atom. The molecule has 0 fully saturated rings. The van der Waals surface area contributed by atoms with Crippen molar-refractivity contribution in [3.8, 4) is 0 Å². The molecule has 1 N–H and O–H groups in total. The van der Waals surface area contributed by atoms with Gasteiger partial charge in [-0.3, -0.25) is 0 Å². The van der Waals surface area contributed by atoms with Gasteiger partial charge >= 0.3 is 0 Å². The van der Waals surface area contributed by atoms with Gasteiger partial charge in [-0.15, -0.1) is 11.8 Å². The number of hydrogen-bond acceptors (Lipinski definition) is 3. The molecule has 2 nitrogen and oxygen atoms in total. The van der Waals surface area contributed by atoms with Crippen molar-refractivity contribution in [2.75, 3.05) is 12.8 Å². The summed E-state index contributed by atoms with van der Waals surface area (Å²) in [5, 5.41) is 3.29. The van der Waals surface area contributed by atoms with E-state index in [0.29, 0.717) is 6.04 Å². The van der Waals surface area contributed by atoms with Crippen LogP contribution in [0.1, 0.15) is 5.56 Å². The van der Waals surface area contributed by atoms with Crippen LogP contribution in [0.25, 0.3) is 0 Å². The SMILES string of the molecule is CNC(CSc1ccc(F)cc1)Cc1ccoc1. The number of halogens is 1. The Kier molecular flexibility index (Phi) is 4.84. The molecule has 0 aliphatic carbocycles. The van der Waals surface area contributed by atoms with Crippen molar-refractivity contribution in [2.45, 2.75) is 17.4 Å². The summed E-state index contributed by atoms with van der Waals surface area (Å²) in [6.07, 6.45) is 4.39. The Balaban J connectivity index is 1.85. The van der Waals surface area contributed by atoms with Gasteiger partial charge in [-0.25, -0.2) is 4.39 Å². The summed E-state index contributed by atoms with van der Waals surface area (Å²) in [7, 11) is 1.95. The summed E-state index contributed by atoms with van der Waals surface area (Å²) in [5.74, 6) is 0.746. The summed E-state index contributed by atoms with van der Waals surface area (Å²) in [4.78, 5) is 1.09. The Bertz CT molecular complexity index is 455. The highest BCUT2D eigenvalue weighted by Crippen LogP contribution is 2.20. The van der Waals surface area contributed by atoms with Crippen molar-refractivity contribution in [3.63, 3.8) is 0 Å². The second-order valence-corrected chi connectivity index (χ2v) is 5.18. The number of likely N-dealkylation sites (N-methyl/N-ethyl adjacent to an activating group) is 1. The summed E-state index contributed by atoms with van der Waals surface area (Å²) in [6, 6.07) is 8.96. The van der Waals surface area contributed by atoms with Crippen LogP contribution in [0.15, 0.2) is 52.2 Å². The first-order valence-corrected chi connectivity index (χ1v) is 6.83. The molecule has 0 aliphatic rings. The summed E-state index contributed by atoms with van der Waals surface area (Å²) < 4.78 is 17.8. The fraction of sp³-hybridized carbons (Fsp3) is 0.286. The molecule has 18 heavy (non-hydrogen) atoms. The maximum atomic E-state index is 12.8. The average molecular weight is 265 g/mol. The van der Waals surface area contributed by atoms with Crippen LogP contribution >= 0.6 is 11.8 Å². The van der Waals surface area contributed by atoms with Crippen LogP contribution in [0.3, 0.4) is 0 Å². The van der Waals surface area contributed by atoms with Gasteiger partial charge in [0.15, 0.2) is 0 Å². The van der Waals surface area contributed by atoms with E-state index in [1.165, 1.54) is 17.7 Å². The third-order valence-corrected chi connectivity index (χ3v) is 3.91. The minimum atomic E-state index is -0.192. The zero-order valence-corrected chi connectivity index (χ0v) is 11.0. The molecular weight excluding hydrogens is 249 g/mol. The standard InChI is InChI=1S/C14H16FNOS/c1-16-13(8-11-6-7-17-9-11)10-18-14-4-2-12(15)3-5-14/h2-7,9,13,16H,8,10H2,1H3.